The average molecular weight is 644 g/mol. The molecule has 5 fully saturated rings. The Hall–Kier alpha value is -3.88. The molecule has 6 aromatic rings. The van der Waals surface area contributed by atoms with E-state index in [-0.39, 0.29) is 5.41 Å². The van der Waals surface area contributed by atoms with E-state index < -0.39 is 0 Å². The van der Waals surface area contributed by atoms with E-state index in [1.165, 1.54) is 119 Å². The van der Waals surface area contributed by atoms with Gasteiger partial charge in [0.15, 0.2) is 0 Å². The van der Waals surface area contributed by atoms with E-state index in [4.69, 9.17) is 0 Å². The molecule has 0 N–H and O–H groups in total. The van der Waals surface area contributed by atoms with Gasteiger partial charge in [0.2, 0.25) is 0 Å². The average Bonchev–Trinajstić information content (AvgIpc) is 3.51. The Labute approximate surface area is 289 Å². The summed E-state index contributed by atoms with van der Waals surface area (Å²) in [6.45, 7) is 0. The fraction of sp³-hybridized carbons (Fsp3) is 0.348. The number of benzene rings is 5. The summed E-state index contributed by atoms with van der Waals surface area (Å²) in [6.07, 6.45) is 15.1. The van der Waals surface area contributed by atoms with Crippen molar-refractivity contribution in [2.75, 3.05) is 4.90 Å². The van der Waals surface area contributed by atoms with Crippen LogP contribution in [0, 0.1) is 17.8 Å². The first-order chi connectivity index (χ1) is 23.7. The first-order valence-electron chi connectivity index (χ1n) is 18.6. The molecule has 0 unspecified atom stereocenters. The van der Waals surface area contributed by atoms with Crippen LogP contribution < -0.4 is 4.90 Å². The van der Waals surface area contributed by atoms with Gasteiger partial charge in [-0.15, -0.1) is 11.3 Å². The van der Waals surface area contributed by atoms with E-state index in [0.29, 0.717) is 5.41 Å². The predicted octanol–water partition coefficient (Wildman–Crippen LogP) is 13.2. The van der Waals surface area contributed by atoms with Crippen LogP contribution in [0.2, 0.25) is 0 Å². The zero-order valence-corrected chi connectivity index (χ0v) is 28.7. The molecule has 0 amide bonds. The standard InChI is InChI=1S/C46H45NS/c1-3-9-36(10-4-1)46(23-7-2-8-24-46)37-15-19-39(20-16-37)47(40-21-22-44-42(28-40)41-11-5-6-12-43(41)48-44)38-17-13-35(14-18-38)45-29-32-25-33(30-45)27-34(26-32)31-45/h1,3-6,9-22,28,32-34H,2,7-8,23-27,29-31H2. The fourth-order valence-electron chi connectivity index (χ4n) is 11.3. The van der Waals surface area contributed by atoms with Crippen LogP contribution in [0.25, 0.3) is 20.2 Å². The van der Waals surface area contributed by atoms with Gasteiger partial charge in [-0.05, 0) is 140 Å². The molecule has 1 heterocycles. The van der Waals surface area contributed by atoms with Gasteiger partial charge in [0.25, 0.3) is 0 Å². The van der Waals surface area contributed by atoms with E-state index in [1.807, 2.05) is 11.3 Å². The molecule has 0 spiro atoms. The maximum Gasteiger partial charge on any atom is 0.0468 e. The van der Waals surface area contributed by atoms with Crippen molar-refractivity contribution >= 4 is 48.6 Å². The van der Waals surface area contributed by atoms with Crippen molar-refractivity contribution in [3.8, 4) is 0 Å². The van der Waals surface area contributed by atoms with Gasteiger partial charge in [0.05, 0.1) is 0 Å². The molecular weight excluding hydrogens is 599 g/mol. The van der Waals surface area contributed by atoms with Crippen LogP contribution in [-0.4, -0.2) is 0 Å². The van der Waals surface area contributed by atoms with Crippen LogP contribution in [0.1, 0.15) is 87.3 Å². The second kappa shape index (κ2) is 11.3. The summed E-state index contributed by atoms with van der Waals surface area (Å²) < 4.78 is 2.72. The molecule has 4 bridgehead atoms. The number of fused-ring (bicyclic) bond motifs is 3. The van der Waals surface area contributed by atoms with Crippen molar-refractivity contribution in [1.29, 1.82) is 0 Å². The third-order valence-electron chi connectivity index (χ3n) is 13.1. The summed E-state index contributed by atoms with van der Waals surface area (Å²) in [5.74, 6) is 2.88. The number of anilines is 3. The molecule has 5 aliphatic rings. The SMILES string of the molecule is c1ccc(C2(c3ccc(N(c4ccc(C56CC7CC(CC(C7)C5)C6)cc4)c4ccc5sc6ccccc6c5c4)cc3)CCCCC2)cc1. The Bertz CT molecular complexity index is 2050. The van der Waals surface area contributed by atoms with Crippen LogP contribution >= 0.6 is 11.3 Å². The molecule has 0 radical (unpaired) electrons. The van der Waals surface area contributed by atoms with Gasteiger partial charge in [0.1, 0.15) is 0 Å². The van der Waals surface area contributed by atoms with Gasteiger partial charge in [-0.1, -0.05) is 92.1 Å². The molecule has 5 aliphatic carbocycles. The summed E-state index contributed by atoms with van der Waals surface area (Å²) in [5.41, 5.74) is 8.79. The molecular formula is C46H45NS. The first-order valence-corrected chi connectivity index (χ1v) is 19.5. The highest BCUT2D eigenvalue weighted by Crippen LogP contribution is 2.61. The van der Waals surface area contributed by atoms with E-state index in [9.17, 15) is 0 Å². The number of hydrogen-bond acceptors (Lipinski definition) is 2. The predicted molar refractivity (Wildman–Crippen MR) is 204 cm³/mol. The highest BCUT2D eigenvalue weighted by Gasteiger charge is 2.51. The zero-order chi connectivity index (χ0) is 31.7. The van der Waals surface area contributed by atoms with Crippen molar-refractivity contribution in [2.24, 2.45) is 17.8 Å². The van der Waals surface area contributed by atoms with Crippen LogP contribution in [0.3, 0.4) is 0 Å². The molecule has 0 atom stereocenters. The highest BCUT2D eigenvalue weighted by molar-refractivity contribution is 7.25. The second-order valence-corrected chi connectivity index (χ2v) is 17.0. The zero-order valence-electron chi connectivity index (χ0n) is 27.9. The van der Waals surface area contributed by atoms with Gasteiger partial charge in [-0.25, -0.2) is 0 Å². The van der Waals surface area contributed by atoms with E-state index in [2.05, 4.69) is 126 Å². The summed E-state index contributed by atoms with van der Waals surface area (Å²) in [7, 11) is 0. The van der Waals surface area contributed by atoms with Crippen molar-refractivity contribution < 1.29 is 0 Å². The number of hydrogen-bond donors (Lipinski definition) is 0. The van der Waals surface area contributed by atoms with Crippen molar-refractivity contribution in [2.45, 2.75) is 81.5 Å². The lowest BCUT2D eigenvalue weighted by molar-refractivity contribution is -0.00518. The van der Waals surface area contributed by atoms with Crippen molar-refractivity contribution in [1.82, 2.24) is 0 Å². The minimum atomic E-state index is 0.108. The Morgan fingerprint density at radius 1 is 0.479 bits per heavy atom. The van der Waals surface area contributed by atoms with Gasteiger partial charge in [-0.2, -0.15) is 0 Å². The topological polar surface area (TPSA) is 3.24 Å². The summed E-state index contributed by atoms with van der Waals surface area (Å²) in [4.78, 5) is 2.51. The van der Waals surface area contributed by atoms with E-state index >= 15 is 0 Å². The van der Waals surface area contributed by atoms with Crippen LogP contribution in [0.4, 0.5) is 17.1 Å². The number of rotatable bonds is 6. The maximum absolute atomic E-state index is 2.51. The molecule has 48 heavy (non-hydrogen) atoms. The molecule has 11 rings (SSSR count). The largest absolute Gasteiger partial charge is 0.310 e. The van der Waals surface area contributed by atoms with Gasteiger partial charge < -0.3 is 4.90 Å². The fourth-order valence-corrected chi connectivity index (χ4v) is 12.4. The minimum Gasteiger partial charge on any atom is -0.310 e. The lowest BCUT2D eigenvalue weighted by Crippen LogP contribution is -2.48. The maximum atomic E-state index is 2.51. The minimum absolute atomic E-state index is 0.108. The molecule has 2 heteroatoms. The molecule has 1 aromatic heterocycles. The molecule has 5 aromatic carbocycles. The Kier molecular flexibility index (Phi) is 6.87. The third kappa shape index (κ3) is 4.70. The first kappa shape index (κ1) is 29.1. The lowest BCUT2D eigenvalue weighted by atomic mass is 9.48. The number of thiophene rings is 1. The van der Waals surface area contributed by atoms with E-state index in [1.54, 1.807) is 5.56 Å². The van der Waals surface area contributed by atoms with Gasteiger partial charge in [-0.3, -0.25) is 0 Å². The third-order valence-corrected chi connectivity index (χ3v) is 14.3. The van der Waals surface area contributed by atoms with Crippen molar-refractivity contribution in [3.05, 3.63) is 138 Å². The molecule has 0 aliphatic heterocycles. The van der Waals surface area contributed by atoms with Crippen molar-refractivity contribution in [3.63, 3.8) is 0 Å². The Balaban J connectivity index is 1.07. The highest BCUT2D eigenvalue weighted by atomic mass is 32.1. The van der Waals surface area contributed by atoms with Crippen LogP contribution in [-0.2, 0) is 10.8 Å². The van der Waals surface area contributed by atoms with Gasteiger partial charge in [0, 0.05) is 42.6 Å². The summed E-state index contributed by atoms with van der Waals surface area (Å²) in [5, 5.41) is 2.71. The van der Waals surface area contributed by atoms with Gasteiger partial charge >= 0.3 is 0 Å². The van der Waals surface area contributed by atoms with Crippen LogP contribution in [0.15, 0.2) is 121 Å². The Morgan fingerprint density at radius 3 is 1.69 bits per heavy atom. The smallest absolute Gasteiger partial charge is 0.0468 e. The molecule has 5 saturated carbocycles. The quantitative estimate of drug-likeness (QED) is 0.175. The van der Waals surface area contributed by atoms with Crippen LogP contribution in [0.5, 0.6) is 0 Å². The molecule has 0 saturated heterocycles. The monoisotopic (exact) mass is 643 g/mol. The lowest BCUT2D eigenvalue weighted by Gasteiger charge is -2.57. The number of nitrogens with zero attached hydrogens (tertiary/aromatic N) is 1. The van der Waals surface area contributed by atoms with E-state index in [0.717, 1.165) is 17.8 Å². The summed E-state index contributed by atoms with van der Waals surface area (Å²) >= 11 is 1.90. The Morgan fingerprint density at radius 2 is 1.02 bits per heavy atom. The normalized spacial score (nSPS) is 25.9. The molecule has 240 valence electrons. The second-order valence-electron chi connectivity index (χ2n) is 15.9. The summed E-state index contributed by atoms with van der Waals surface area (Å²) in [6, 6.07) is 46.9. The molecule has 1 nitrogen and oxygen atoms in total.